The van der Waals surface area contributed by atoms with Crippen LogP contribution in [0.4, 0.5) is 5.69 Å². The summed E-state index contributed by atoms with van der Waals surface area (Å²) in [4.78, 5) is 6.83. The quantitative estimate of drug-likeness (QED) is 0.193. The molecule has 2 aromatic carbocycles. The molecule has 0 unspecified atom stereocenters. The third-order valence-electron chi connectivity index (χ3n) is 5.20. The number of aromatic amines is 1. The van der Waals surface area contributed by atoms with Crippen molar-refractivity contribution in [3.05, 3.63) is 109 Å². The van der Waals surface area contributed by atoms with Crippen LogP contribution in [0, 0.1) is 0 Å². The molecule has 2 aromatic heterocycles. The molecule has 6 heteroatoms. The van der Waals surface area contributed by atoms with Gasteiger partial charge in [0.05, 0.1) is 18.0 Å². The predicted octanol–water partition coefficient (Wildman–Crippen LogP) is 5.08. The van der Waals surface area contributed by atoms with E-state index >= 15 is 0 Å². The van der Waals surface area contributed by atoms with Gasteiger partial charge < -0.3 is 10.5 Å². The van der Waals surface area contributed by atoms with Crippen molar-refractivity contribution in [2.45, 2.75) is 19.5 Å². The molecule has 2 heterocycles. The fraction of sp³-hybridized carbons (Fsp3) is 0.185. The van der Waals surface area contributed by atoms with Crippen LogP contribution in [0.15, 0.2) is 97.3 Å². The maximum Gasteiger partial charge on any atom is 0.119 e. The van der Waals surface area contributed by atoms with Crippen LogP contribution >= 0.6 is 0 Å². The van der Waals surface area contributed by atoms with Crippen molar-refractivity contribution in [2.75, 3.05) is 18.9 Å². The van der Waals surface area contributed by atoms with Gasteiger partial charge in [0, 0.05) is 43.3 Å². The van der Waals surface area contributed by atoms with Crippen LogP contribution in [0.1, 0.15) is 17.7 Å². The van der Waals surface area contributed by atoms with Gasteiger partial charge in [-0.1, -0.05) is 42.5 Å². The number of nitrogens with one attached hydrogen (secondary N) is 1. The highest BCUT2D eigenvalue weighted by Gasteiger charge is 2.07. The molecule has 0 aliphatic heterocycles. The van der Waals surface area contributed by atoms with Crippen LogP contribution in [0.2, 0.25) is 0 Å². The van der Waals surface area contributed by atoms with Crippen LogP contribution in [-0.2, 0) is 13.1 Å². The van der Waals surface area contributed by atoms with Gasteiger partial charge in [0.2, 0.25) is 0 Å². The number of hydrogen-bond donors (Lipinski definition) is 2. The fourth-order valence-electron chi connectivity index (χ4n) is 3.61. The van der Waals surface area contributed by atoms with Gasteiger partial charge >= 0.3 is 0 Å². The summed E-state index contributed by atoms with van der Waals surface area (Å²) in [6.45, 7) is 3.03. The summed E-state index contributed by atoms with van der Waals surface area (Å²) >= 11 is 0. The molecule has 0 saturated carbocycles. The monoisotopic (exact) mass is 439 g/mol. The average molecular weight is 440 g/mol. The maximum absolute atomic E-state index is 5.96. The zero-order chi connectivity index (χ0) is 22.7. The second kappa shape index (κ2) is 11.6. The summed E-state index contributed by atoms with van der Waals surface area (Å²) in [6, 6.07) is 24.0. The number of nitrogen functional groups attached to an aromatic ring is 1. The number of hydrogen-bond acceptors (Lipinski definition) is 5. The molecule has 6 nitrogen and oxygen atoms in total. The number of H-pyrrole nitrogens is 1. The van der Waals surface area contributed by atoms with Crippen molar-refractivity contribution in [3.8, 4) is 17.0 Å². The van der Waals surface area contributed by atoms with Crippen LogP contribution in [0.5, 0.6) is 5.75 Å². The Morgan fingerprint density at radius 2 is 1.85 bits per heavy atom. The Labute approximate surface area is 194 Å². The van der Waals surface area contributed by atoms with Crippen molar-refractivity contribution in [1.82, 2.24) is 20.1 Å². The van der Waals surface area contributed by atoms with E-state index in [0.29, 0.717) is 6.61 Å². The maximum atomic E-state index is 5.96. The summed E-state index contributed by atoms with van der Waals surface area (Å²) in [5, 5.41) is 6.99. The summed E-state index contributed by atoms with van der Waals surface area (Å²) in [5.41, 5.74) is 11.0. The van der Waals surface area contributed by atoms with Gasteiger partial charge in [-0.05, 0) is 54.4 Å². The smallest absolute Gasteiger partial charge is 0.119 e. The Balaban J connectivity index is 1.29. The normalized spacial score (nSPS) is 11.3. The van der Waals surface area contributed by atoms with E-state index in [1.54, 1.807) is 6.20 Å². The molecule has 33 heavy (non-hydrogen) atoms. The van der Waals surface area contributed by atoms with Crippen molar-refractivity contribution in [1.29, 1.82) is 0 Å². The van der Waals surface area contributed by atoms with E-state index in [1.807, 2.05) is 66.9 Å². The van der Waals surface area contributed by atoms with Crippen molar-refractivity contribution < 1.29 is 4.74 Å². The number of rotatable bonds is 11. The lowest BCUT2D eigenvalue weighted by Gasteiger charge is -2.20. The van der Waals surface area contributed by atoms with Crippen LogP contribution in [0.3, 0.4) is 0 Å². The van der Waals surface area contributed by atoms with Gasteiger partial charge in [-0.15, -0.1) is 0 Å². The molecule has 0 saturated heterocycles. The van der Waals surface area contributed by atoms with Gasteiger partial charge in [-0.3, -0.25) is 15.0 Å². The standard InChI is InChI=1S/C27H29N5O/c28-24-10-6-8-22(18-24)20-32(21-25-11-2-3-14-29-25)16-4-1-5-17-33-26-12-7-9-23(19-26)27-13-15-30-31-27/h1-4,6-15,18-19H,5,16-17,20-21,28H2,(H,30,31)/b4-1+. The average Bonchev–Trinajstić information content (AvgIpc) is 3.37. The van der Waals surface area contributed by atoms with Crippen LogP contribution < -0.4 is 10.5 Å². The Kier molecular flexibility index (Phi) is 7.87. The second-order valence-electron chi connectivity index (χ2n) is 7.84. The van der Waals surface area contributed by atoms with Crippen LogP contribution in [-0.4, -0.2) is 33.2 Å². The Morgan fingerprint density at radius 1 is 0.909 bits per heavy atom. The first-order valence-electron chi connectivity index (χ1n) is 11.1. The summed E-state index contributed by atoms with van der Waals surface area (Å²) in [6.07, 6.45) is 8.78. The Morgan fingerprint density at radius 3 is 2.67 bits per heavy atom. The first-order valence-corrected chi connectivity index (χ1v) is 11.1. The van der Waals surface area contributed by atoms with Gasteiger partial charge in [0.1, 0.15) is 5.75 Å². The zero-order valence-electron chi connectivity index (χ0n) is 18.6. The largest absolute Gasteiger partial charge is 0.493 e. The first-order chi connectivity index (χ1) is 16.3. The third kappa shape index (κ3) is 7.05. The molecule has 4 rings (SSSR count). The molecule has 3 N–H and O–H groups in total. The van der Waals surface area contributed by atoms with E-state index in [1.165, 1.54) is 5.56 Å². The highest BCUT2D eigenvalue weighted by atomic mass is 16.5. The lowest BCUT2D eigenvalue weighted by Crippen LogP contribution is -2.23. The summed E-state index contributed by atoms with van der Waals surface area (Å²) < 4.78 is 5.93. The lowest BCUT2D eigenvalue weighted by atomic mass is 10.1. The number of nitrogens with zero attached hydrogens (tertiary/aromatic N) is 3. The highest BCUT2D eigenvalue weighted by molar-refractivity contribution is 5.60. The van der Waals surface area contributed by atoms with Crippen LogP contribution in [0.25, 0.3) is 11.3 Å². The van der Waals surface area contributed by atoms with Crippen molar-refractivity contribution in [2.24, 2.45) is 0 Å². The van der Waals surface area contributed by atoms with E-state index < -0.39 is 0 Å². The van der Waals surface area contributed by atoms with E-state index in [4.69, 9.17) is 10.5 Å². The SMILES string of the molecule is Nc1cccc(CN(C/C=C/CCOc2cccc(-c3ccn[nH]3)c2)Cc2ccccn2)c1. The zero-order valence-corrected chi connectivity index (χ0v) is 18.6. The predicted molar refractivity (Wildman–Crippen MR) is 132 cm³/mol. The summed E-state index contributed by atoms with van der Waals surface area (Å²) in [7, 11) is 0. The van der Waals surface area contributed by atoms with Gasteiger partial charge in [0.25, 0.3) is 0 Å². The van der Waals surface area contributed by atoms with Gasteiger partial charge in [-0.25, -0.2) is 0 Å². The number of aromatic nitrogens is 3. The molecule has 0 aliphatic carbocycles. The molecule has 0 bridgehead atoms. The Bertz CT molecular complexity index is 1140. The van der Waals surface area contributed by atoms with E-state index in [9.17, 15) is 0 Å². The number of nitrogens with two attached hydrogens (primary N) is 1. The summed E-state index contributed by atoms with van der Waals surface area (Å²) in [5.74, 6) is 0.856. The van der Waals surface area contributed by atoms with E-state index in [2.05, 4.69) is 44.4 Å². The van der Waals surface area contributed by atoms with E-state index in [0.717, 1.165) is 54.4 Å². The molecule has 168 valence electrons. The molecule has 4 aromatic rings. The minimum Gasteiger partial charge on any atom is -0.493 e. The lowest BCUT2D eigenvalue weighted by molar-refractivity contribution is 0.281. The number of pyridine rings is 1. The molecular weight excluding hydrogens is 410 g/mol. The molecule has 0 radical (unpaired) electrons. The Hall–Kier alpha value is -3.90. The molecule has 0 spiro atoms. The molecule has 0 aliphatic rings. The number of benzene rings is 2. The topological polar surface area (TPSA) is 80.1 Å². The van der Waals surface area contributed by atoms with Gasteiger partial charge in [0.15, 0.2) is 0 Å². The molecular formula is C27H29N5O. The molecule has 0 amide bonds. The van der Waals surface area contributed by atoms with Crippen molar-refractivity contribution in [3.63, 3.8) is 0 Å². The van der Waals surface area contributed by atoms with Gasteiger partial charge in [-0.2, -0.15) is 5.10 Å². The highest BCUT2D eigenvalue weighted by Crippen LogP contribution is 2.22. The fourth-order valence-corrected chi connectivity index (χ4v) is 3.61. The first kappa shape index (κ1) is 22.3. The third-order valence-corrected chi connectivity index (χ3v) is 5.20. The minimum absolute atomic E-state index is 0.623. The number of anilines is 1. The molecule has 0 fully saturated rings. The molecule has 0 atom stereocenters. The minimum atomic E-state index is 0.623. The number of ether oxygens (including phenoxy) is 1. The van der Waals surface area contributed by atoms with E-state index in [-0.39, 0.29) is 0 Å². The van der Waals surface area contributed by atoms with Crippen molar-refractivity contribution >= 4 is 5.69 Å². The second-order valence-corrected chi connectivity index (χ2v) is 7.84.